The van der Waals surface area contributed by atoms with Crippen LogP contribution in [0.4, 0.5) is 5.13 Å². The number of likely N-dealkylation sites (tertiary alicyclic amines) is 1. The van der Waals surface area contributed by atoms with E-state index >= 15 is 0 Å². The van der Waals surface area contributed by atoms with E-state index in [9.17, 15) is 9.59 Å². The third-order valence-electron chi connectivity index (χ3n) is 3.41. The second-order valence-electron chi connectivity index (χ2n) is 4.79. The van der Waals surface area contributed by atoms with Crippen LogP contribution in [-0.4, -0.2) is 41.5 Å². The van der Waals surface area contributed by atoms with Gasteiger partial charge in [0.05, 0.1) is 18.2 Å². The highest BCUT2D eigenvalue weighted by Gasteiger charge is 2.30. The van der Waals surface area contributed by atoms with E-state index in [4.69, 9.17) is 10.5 Å². The van der Waals surface area contributed by atoms with E-state index < -0.39 is 0 Å². The summed E-state index contributed by atoms with van der Waals surface area (Å²) in [6.45, 7) is 5.12. The summed E-state index contributed by atoms with van der Waals surface area (Å²) >= 11 is 1.22. The number of nitrogens with zero attached hydrogens (tertiary/aromatic N) is 2. The van der Waals surface area contributed by atoms with E-state index in [1.54, 1.807) is 18.7 Å². The first-order chi connectivity index (χ1) is 9.52. The maximum atomic E-state index is 12.4. The van der Waals surface area contributed by atoms with Crippen LogP contribution in [0.1, 0.15) is 35.1 Å². The second kappa shape index (κ2) is 6.21. The number of anilines is 1. The molecule has 7 heteroatoms. The van der Waals surface area contributed by atoms with Crippen LogP contribution in [0, 0.1) is 12.8 Å². The summed E-state index contributed by atoms with van der Waals surface area (Å²) < 4.78 is 5.02. The quantitative estimate of drug-likeness (QED) is 0.853. The van der Waals surface area contributed by atoms with Gasteiger partial charge < -0.3 is 15.4 Å². The molecule has 20 heavy (non-hydrogen) atoms. The second-order valence-corrected chi connectivity index (χ2v) is 5.82. The molecule has 0 saturated carbocycles. The Labute approximate surface area is 121 Å². The number of nitrogens with two attached hydrogens (primary N) is 1. The molecule has 1 aliphatic rings. The summed E-state index contributed by atoms with van der Waals surface area (Å²) in [5.41, 5.74) is 6.29. The molecule has 2 N–H and O–H groups in total. The Hall–Kier alpha value is -1.63. The van der Waals surface area contributed by atoms with Crippen molar-refractivity contribution < 1.29 is 14.3 Å². The van der Waals surface area contributed by atoms with Gasteiger partial charge >= 0.3 is 5.97 Å². The van der Waals surface area contributed by atoms with Crippen molar-refractivity contribution in [2.45, 2.75) is 26.7 Å². The highest BCUT2D eigenvalue weighted by Crippen LogP contribution is 2.25. The van der Waals surface area contributed by atoms with Crippen molar-refractivity contribution in [2.24, 2.45) is 5.92 Å². The molecule has 1 aromatic rings. The van der Waals surface area contributed by atoms with Gasteiger partial charge in [-0.2, -0.15) is 0 Å². The van der Waals surface area contributed by atoms with Crippen LogP contribution in [-0.2, 0) is 9.53 Å². The third-order valence-corrected chi connectivity index (χ3v) is 4.38. The van der Waals surface area contributed by atoms with Crippen LogP contribution >= 0.6 is 11.3 Å². The molecule has 0 atom stereocenters. The Kier molecular flexibility index (Phi) is 4.59. The van der Waals surface area contributed by atoms with Gasteiger partial charge in [0.2, 0.25) is 0 Å². The van der Waals surface area contributed by atoms with Gasteiger partial charge in [-0.3, -0.25) is 9.59 Å². The molecule has 1 saturated heterocycles. The van der Waals surface area contributed by atoms with E-state index in [-0.39, 0.29) is 17.8 Å². The number of amides is 1. The zero-order valence-electron chi connectivity index (χ0n) is 11.7. The Bertz CT molecular complexity index is 507. The summed E-state index contributed by atoms with van der Waals surface area (Å²) in [5.74, 6) is -0.288. The van der Waals surface area contributed by atoms with Crippen LogP contribution in [0.3, 0.4) is 0 Å². The zero-order chi connectivity index (χ0) is 14.7. The Morgan fingerprint density at radius 1 is 1.45 bits per heavy atom. The van der Waals surface area contributed by atoms with Crippen molar-refractivity contribution in [3.8, 4) is 0 Å². The van der Waals surface area contributed by atoms with Gasteiger partial charge in [-0.1, -0.05) is 11.3 Å². The topological polar surface area (TPSA) is 85.5 Å². The molecular formula is C13H19N3O3S. The van der Waals surface area contributed by atoms with Crippen molar-refractivity contribution in [3.63, 3.8) is 0 Å². The van der Waals surface area contributed by atoms with E-state index in [1.807, 2.05) is 0 Å². The molecule has 0 aliphatic carbocycles. The van der Waals surface area contributed by atoms with Gasteiger partial charge in [0.1, 0.15) is 4.88 Å². The molecule has 1 amide bonds. The molecule has 0 unspecified atom stereocenters. The van der Waals surface area contributed by atoms with E-state index in [1.165, 1.54) is 11.3 Å². The summed E-state index contributed by atoms with van der Waals surface area (Å²) in [5, 5.41) is 0.409. The number of thiazole rings is 1. The Balaban J connectivity index is 1.95. The lowest BCUT2D eigenvalue weighted by Gasteiger charge is -2.30. The van der Waals surface area contributed by atoms with Crippen molar-refractivity contribution in [2.75, 3.05) is 25.4 Å². The first-order valence-corrected chi connectivity index (χ1v) is 7.53. The minimum atomic E-state index is -0.155. The molecule has 0 radical (unpaired) electrons. The van der Waals surface area contributed by atoms with Gasteiger partial charge in [0.25, 0.3) is 5.91 Å². The summed E-state index contributed by atoms with van der Waals surface area (Å²) in [6, 6.07) is 0. The number of carbonyl (C=O) groups is 2. The number of hydrogen-bond donors (Lipinski definition) is 1. The average Bonchev–Trinajstić information content (AvgIpc) is 2.77. The van der Waals surface area contributed by atoms with Crippen LogP contribution < -0.4 is 5.73 Å². The van der Waals surface area contributed by atoms with Crippen molar-refractivity contribution >= 4 is 28.3 Å². The summed E-state index contributed by atoms with van der Waals surface area (Å²) in [7, 11) is 0. The van der Waals surface area contributed by atoms with Gasteiger partial charge in [-0.15, -0.1) is 0 Å². The number of piperidine rings is 1. The average molecular weight is 297 g/mol. The molecule has 6 nitrogen and oxygen atoms in total. The standard InChI is InChI=1S/C13H19N3O3S/c1-3-19-12(18)9-4-6-16(7-5-9)11(17)10-8(2)15-13(14)20-10/h9H,3-7H2,1-2H3,(H2,14,15). The van der Waals surface area contributed by atoms with Gasteiger partial charge in [0, 0.05) is 13.1 Å². The van der Waals surface area contributed by atoms with E-state index in [2.05, 4.69) is 4.98 Å². The number of esters is 1. The third kappa shape index (κ3) is 3.09. The van der Waals surface area contributed by atoms with Crippen molar-refractivity contribution in [1.29, 1.82) is 0 Å². The highest BCUT2D eigenvalue weighted by atomic mass is 32.1. The van der Waals surface area contributed by atoms with Crippen LogP contribution in [0.5, 0.6) is 0 Å². The number of aryl methyl sites for hydroxylation is 1. The van der Waals surface area contributed by atoms with Crippen LogP contribution in [0.25, 0.3) is 0 Å². The first-order valence-electron chi connectivity index (χ1n) is 6.71. The first kappa shape index (κ1) is 14.8. The minimum Gasteiger partial charge on any atom is -0.466 e. The molecule has 110 valence electrons. The minimum absolute atomic E-state index is 0.0426. The van der Waals surface area contributed by atoms with Crippen molar-refractivity contribution in [1.82, 2.24) is 9.88 Å². The predicted molar refractivity (Wildman–Crippen MR) is 76.5 cm³/mol. The van der Waals surface area contributed by atoms with Crippen LogP contribution in [0.2, 0.25) is 0 Å². The maximum absolute atomic E-state index is 12.4. The summed E-state index contributed by atoms with van der Waals surface area (Å²) in [6.07, 6.45) is 1.30. The van der Waals surface area contributed by atoms with Crippen molar-refractivity contribution in [3.05, 3.63) is 10.6 Å². The fourth-order valence-electron chi connectivity index (χ4n) is 2.34. The number of ether oxygens (including phenoxy) is 1. The van der Waals surface area contributed by atoms with Gasteiger partial charge in [-0.05, 0) is 26.7 Å². The molecule has 2 rings (SSSR count). The highest BCUT2D eigenvalue weighted by molar-refractivity contribution is 7.17. The Morgan fingerprint density at radius 3 is 2.60 bits per heavy atom. The number of aromatic nitrogens is 1. The van der Waals surface area contributed by atoms with Gasteiger partial charge in [0.15, 0.2) is 5.13 Å². The lowest BCUT2D eigenvalue weighted by atomic mass is 9.97. The fraction of sp³-hybridized carbons (Fsp3) is 0.615. The number of rotatable bonds is 3. The normalized spacial score (nSPS) is 16.2. The SMILES string of the molecule is CCOC(=O)C1CCN(C(=O)c2sc(N)nc2C)CC1. The number of hydrogen-bond acceptors (Lipinski definition) is 6. The van der Waals surface area contributed by atoms with E-state index in [0.29, 0.717) is 48.2 Å². The lowest BCUT2D eigenvalue weighted by Crippen LogP contribution is -2.40. The smallest absolute Gasteiger partial charge is 0.309 e. The molecule has 0 bridgehead atoms. The molecule has 1 aliphatic heterocycles. The molecule has 1 fully saturated rings. The van der Waals surface area contributed by atoms with E-state index in [0.717, 1.165) is 0 Å². The lowest BCUT2D eigenvalue weighted by molar-refractivity contribution is -0.149. The molecule has 1 aromatic heterocycles. The molecular weight excluding hydrogens is 278 g/mol. The predicted octanol–water partition coefficient (Wildman–Crippen LogP) is 1.45. The molecule has 0 aromatic carbocycles. The Morgan fingerprint density at radius 2 is 2.10 bits per heavy atom. The number of nitrogen functional groups attached to an aromatic ring is 1. The van der Waals surface area contributed by atoms with Gasteiger partial charge in [-0.25, -0.2) is 4.98 Å². The number of carbonyl (C=O) groups excluding carboxylic acids is 2. The largest absolute Gasteiger partial charge is 0.466 e. The monoisotopic (exact) mass is 297 g/mol. The summed E-state index contributed by atoms with van der Waals surface area (Å²) in [4.78, 5) is 30.4. The zero-order valence-corrected chi connectivity index (χ0v) is 12.5. The fourth-order valence-corrected chi connectivity index (χ4v) is 3.14. The molecule has 2 heterocycles. The molecule has 0 spiro atoms. The van der Waals surface area contributed by atoms with Crippen LogP contribution in [0.15, 0.2) is 0 Å². The maximum Gasteiger partial charge on any atom is 0.309 e.